The van der Waals surface area contributed by atoms with Gasteiger partial charge in [0.25, 0.3) is 0 Å². The van der Waals surface area contributed by atoms with Gasteiger partial charge in [-0.3, -0.25) is 0 Å². The lowest BCUT2D eigenvalue weighted by Gasteiger charge is -2.16. The Hall–Kier alpha value is -4.68. The van der Waals surface area contributed by atoms with Gasteiger partial charge in [-0.1, -0.05) is 184 Å². The van der Waals surface area contributed by atoms with Crippen LogP contribution in [0.1, 0.15) is 79.3 Å². The van der Waals surface area contributed by atoms with Gasteiger partial charge in [0.1, 0.15) is 0 Å². The molecule has 48 heavy (non-hydrogen) atoms. The van der Waals surface area contributed by atoms with Gasteiger partial charge in [-0.05, 0) is 109 Å². The number of benzene rings is 6. The summed E-state index contributed by atoms with van der Waals surface area (Å²) in [6.07, 6.45) is 4.88. The summed E-state index contributed by atoms with van der Waals surface area (Å²) in [7, 11) is 0. The molecule has 0 bridgehead atoms. The van der Waals surface area contributed by atoms with Crippen LogP contribution in [0.2, 0.25) is 0 Å². The van der Waals surface area contributed by atoms with Crippen molar-refractivity contribution in [2.24, 2.45) is 0 Å². The van der Waals surface area contributed by atoms with E-state index in [2.05, 4.69) is 194 Å². The van der Waals surface area contributed by atoms with E-state index in [0.717, 1.165) is 0 Å². The number of hydrogen-bond acceptors (Lipinski definition) is 0. The first-order valence-electron chi connectivity index (χ1n) is 17.7. The van der Waals surface area contributed by atoms with Gasteiger partial charge >= 0.3 is 0 Å². The molecule has 6 aromatic carbocycles. The Labute approximate surface area is 291 Å². The molecular formula is C48H54. The van der Waals surface area contributed by atoms with Crippen LogP contribution in [-0.2, 0) is 6.42 Å². The second-order valence-corrected chi connectivity index (χ2v) is 13.0. The number of unbranched alkanes of at least 4 members (excludes halogenated alkanes) is 1. The Morgan fingerprint density at radius 1 is 0.438 bits per heavy atom. The van der Waals surface area contributed by atoms with Gasteiger partial charge in [-0.25, -0.2) is 0 Å². The lowest BCUT2D eigenvalue weighted by atomic mass is 9.89. The van der Waals surface area contributed by atoms with Gasteiger partial charge in [0.15, 0.2) is 0 Å². The predicted octanol–water partition coefficient (Wildman–Crippen LogP) is 14.2. The highest BCUT2D eigenvalue weighted by atomic mass is 14.2. The van der Waals surface area contributed by atoms with E-state index in [9.17, 15) is 0 Å². The summed E-state index contributed by atoms with van der Waals surface area (Å²) in [6, 6.07) is 52.1. The molecule has 0 N–H and O–H groups in total. The lowest BCUT2D eigenvalue weighted by molar-refractivity contribution is 0.735. The molecule has 0 aliphatic heterocycles. The summed E-state index contributed by atoms with van der Waals surface area (Å²) in [6.45, 7) is 15.4. The fourth-order valence-electron chi connectivity index (χ4n) is 6.00. The molecule has 1 atom stereocenters. The number of hydrogen-bond donors (Lipinski definition) is 0. The monoisotopic (exact) mass is 630 g/mol. The van der Waals surface area contributed by atoms with Gasteiger partial charge in [-0.2, -0.15) is 0 Å². The normalized spacial score (nSPS) is 11.1. The summed E-state index contributed by atoms with van der Waals surface area (Å²) in [5.41, 5.74) is 16.4. The van der Waals surface area contributed by atoms with E-state index in [-0.39, 0.29) is 0 Å². The minimum absolute atomic E-state index is 0.616. The van der Waals surface area contributed by atoms with E-state index in [0.29, 0.717) is 5.92 Å². The highest BCUT2D eigenvalue weighted by Gasteiger charge is 2.11. The maximum Gasteiger partial charge on any atom is -0.0147 e. The smallest absolute Gasteiger partial charge is 0.0147 e. The van der Waals surface area contributed by atoms with Crippen LogP contribution in [-0.4, -0.2) is 0 Å². The van der Waals surface area contributed by atoms with Crippen LogP contribution in [0.4, 0.5) is 0 Å². The third-order valence-corrected chi connectivity index (χ3v) is 9.23. The Morgan fingerprint density at radius 3 is 1.33 bits per heavy atom. The molecule has 0 aliphatic rings. The molecule has 6 aromatic rings. The van der Waals surface area contributed by atoms with E-state index in [1.165, 1.54) is 92.4 Å². The summed E-state index contributed by atoms with van der Waals surface area (Å²) in [5, 5.41) is 0. The van der Waals surface area contributed by atoms with Gasteiger partial charge in [0.05, 0.1) is 0 Å². The van der Waals surface area contributed by atoms with Crippen molar-refractivity contribution in [1.29, 1.82) is 0 Å². The molecule has 0 radical (unpaired) electrons. The molecule has 0 aromatic heterocycles. The van der Waals surface area contributed by atoms with Crippen LogP contribution in [0.15, 0.2) is 146 Å². The molecule has 246 valence electrons. The summed E-state index contributed by atoms with van der Waals surface area (Å²) in [5.74, 6) is 0.616. The zero-order valence-electron chi connectivity index (χ0n) is 30.3. The first-order chi connectivity index (χ1) is 23.3. The van der Waals surface area contributed by atoms with Crippen LogP contribution < -0.4 is 0 Å². The Balaban J connectivity index is 0.000000163. The quantitative estimate of drug-likeness (QED) is 0.157. The molecule has 0 unspecified atom stereocenters. The minimum atomic E-state index is 0.616. The van der Waals surface area contributed by atoms with Crippen molar-refractivity contribution < 1.29 is 0 Å². The van der Waals surface area contributed by atoms with Crippen molar-refractivity contribution in [3.63, 3.8) is 0 Å². The zero-order chi connectivity index (χ0) is 34.3. The van der Waals surface area contributed by atoms with Crippen molar-refractivity contribution in [1.82, 2.24) is 0 Å². The fraction of sp³-hybridized carbons (Fsp3) is 0.250. The molecule has 0 saturated heterocycles. The van der Waals surface area contributed by atoms with Crippen molar-refractivity contribution in [3.05, 3.63) is 179 Å². The van der Waals surface area contributed by atoms with Gasteiger partial charge in [-0.15, -0.1) is 0 Å². The average molecular weight is 631 g/mol. The molecule has 0 amide bonds. The van der Waals surface area contributed by atoms with Crippen LogP contribution in [0.3, 0.4) is 0 Å². The van der Waals surface area contributed by atoms with Gasteiger partial charge in [0.2, 0.25) is 0 Å². The average Bonchev–Trinajstić information content (AvgIpc) is 3.12. The highest BCUT2D eigenvalue weighted by molar-refractivity contribution is 5.72. The van der Waals surface area contributed by atoms with Crippen LogP contribution in [0.25, 0.3) is 33.4 Å². The molecule has 0 heterocycles. The minimum Gasteiger partial charge on any atom is -0.0654 e. The molecule has 0 heteroatoms. The highest BCUT2D eigenvalue weighted by Crippen LogP contribution is 2.32. The van der Waals surface area contributed by atoms with E-state index < -0.39 is 0 Å². The van der Waals surface area contributed by atoms with E-state index in [1.807, 2.05) is 0 Å². The second kappa shape index (κ2) is 18.6. The molecule has 0 fully saturated rings. The summed E-state index contributed by atoms with van der Waals surface area (Å²) >= 11 is 0. The number of rotatable bonds is 8. The summed E-state index contributed by atoms with van der Waals surface area (Å²) in [4.78, 5) is 0. The van der Waals surface area contributed by atoms with Crippen LogP contribution in [0.5, 0.6) is 0 Å². The first-order valence-corrected chi connectivity index (χ1v) is 17.7. The largest absolute Gasteiger partial charge is 0.0654 e. The molecule has 0 saturated carbocycles. The van der Waals surface area contributed by atoms with Crippen LogP contribution >= 0.6 is 0 Å². The third-order valence-electron chi connectivity index (χ3n) is 9.23. The zero-order valence-corrected chi connectivity index (χ0v) is 30.3. The molecule has 0 aliphatic carbocycles. The van der Waals surface area contributed by atoms with E-state index >= 15 is 0 Å². The van der Waals surface area contributed by atoms with Crippen molar-refractivity contribution in [2.75, 3.05) is 0 Å². The van der Waals surface area contributed by atoms with Crippen molar-refractivity contribution in [3.8, 4) is 33.4 Å². The van der Waals surface area contributed by atoms with Crippen LogP contribution in [0, 0.1) is 27.7 Å². The molecular weight excluding hydrogens is 577 g/mol. The third kappa shape index (κ3) is 10.2. The van der Waals surface area contributed by atoms with Gasteiger partial charge in [0, 0.05) is 0 Å². The number of aryl methyl sites for hydroxylation is 5. The Kier molecular flexibility index (Phi) is 14.0. The van der Waals surface area contributed by atoms with E-state index in [4.69, 9.17) is 0 Å². The van der Waals surface area contributed by atoms with Crippen molar-refractivity contribution in [2.45, 2.75) is 80.1 Å². The van der Waals surface area contributed by atoms with E-state index in [1.54, 1.807) is 0 Å². The second-order valence-electron chi connectivity index (χ2n) is 13.0. The predicted molar refractivity (Wildman–Crippen MR) is 212 cm³/mol. The molecule has 6 rings (SSSR count). The Bertz CT molecular complexity index is 1780. The SMILES string of the molecule is CCCCc1ccccc1-c1ccccc1C.CC[C@@H](C)c1ccccc1-c1ccccc1C.Cc1ccc(-c2ccc(C)cc2)cc1. The van der Waals surface area contributed by atoms with Gasteiger partial charge < -0.3 is 0 Å². The standard InChI is InChI=1S/2C17H20.C14H14/c1-4-13(2)15-10-7-8-12-17(15)16-11-6-5-9-14(16)3;1-3-4-10-15-11-6-8-13-17(15)16-12-7-5-9-14(16)2;1-11-3-7-13(8-4-11)14-9-5-12(2)6-10-14/h5-13H,4H2,1-3H3;5-9,11-13H,3-4,10H2,1-2H3;3-10H,1-2H3/t13-;;/m1../s1. The van der Waals surface area contributed by atoms with Crippen molar-refractivity contribution >= 4 is 0 Å². The molecule has 0 spiro atoms. The Morgan fingerprint density at radius 2 is 0.854 bits per heavy atom. The maximum absolute atomic E-state index is 2.30. The summed E-state index contributed by atoms with van der Waals surface area (Å²) < 4.78 is 0. The molecule has 0 nitrogen and oxygen atoms in total. The lowest BCUT2D eigenvalue weighted by Crippen LogP contribution is -1.95. The topological polar surface area (TPSA) is 0 Å². The fourth-order valence-corrected chi connectivity index (χ4v) is 6.00. The first kappa shape index (κ1) is 36.2. The maximum atomic E-state index is 2.30.